The minimum Gasteiger partial charge on any atom is -0.449 e. The number of nitriles is 1. The predicted octanol–water partition coefficient (Wildman–Crippen LogP) is 2.14. The van der Waals surface area contributed by atoms with Crippen molar-refractivity contribution in [1.82, 2.24) is 4.90 Å². The summed E-state index contributed by atoms with van der Waals surface area (Å²) in [7, 11) is 0. The van der Waals surface area contributed by atoms with Crippen LogP contribution in [0.15, 0.2) is 22.8 Å². The molecule has 1 heterocycles. The highest BCUT2D eigenvalue weighted by Gasteiger charge is 2.26. The van der Waals surface area contributed by atoms with Gasteiger partial charge in [0.15, 0.2) is 6.04 Å². The summed E-state index contributed by atoms with van der Waals surface area (Å²) in [4.78, 5) is 12.6. The van der Waals surface area contributed by atoms with Gasteiger partial charge >= 0.3 is 6.09 Å². The molecule has 0 aromatic carbocycles. The summed E-state index contributed by atoms with van der Waals surface area (Å²) in [6.07, 6.45) is 4.41. The molecular formula is C9H9BrN2O2. The molecule has 1 amide bonds. The van der Waals surface area contributed by atoms with E-state index in [2.05, 4.69) is 15.9 Å². The first-order valence-corrected chi connectivity index (χ1v) is 4.88. The first kappa shape index (κ1) is 10.8. The van der Waals surface area contributed by atoms with Crippen LogP contribution in [0.5, 0.6) is 0 Å². The van der Waals surface area contributed by atoms with Crippen LogP contribution in [-0.2, 0) is 4.74 Å². The molecule has 1 unspecified atom stereocenters. The highest BCUT2D eigenvalue weighted by molar-refractivity contribution is 9.11. The molecule has 1 rings (SSSR count). The Hall–Kier alpha value is -1.28. The number of ether oxygens (including phenoxy) is 1. The SMILES string of the molecule is CCOC(=O)N1C=CC=C(Br)C1C#N. The van der Waals surface area contributed by atoms with E-state index in [1.807, 2.05) is 6.07 Å². The quantitative estimate of drug-likeness (QED) is 0.723. The van der Waals surface area contributed by atoms with Gasteiger partial charge in [0.05, 0.1) is 12.7 Å². The van der Waals surface area contributed by atoms with Gasteiger partial charge < -0.3 is 4.74 Å². The Morgan fingerprint density at radius 2 is 2.57 bits per heavy atom. The summed E-state index contributed by atoms with van der Waals surface area (Å²) in [6.45, 7) is 2.01. The van der Waals surface area contributed by atoms with E-state index in [-0.39, 0.29) is 0 Å². The highest BCUT2D eigenvalue weighted by Crippen LogP contribution is 2.21. The molecule has 1 aliphatic heterocycles. The van der Waals surface area contributed by atoms with E-state index in [9.17, 15) is 4.79 Å². The number of halogens is 1. The van der Waals surface area contributed by atoms with Crippen LogP contribution in [0.3, 0.4) is 0 Å². The van der Waals surface area contributed by atoms with Gasteiger partial charge in [0.1, 0.15) is 0 Å². The Balaban J connectivity index is 2.80. The second-order valence-electron chi connectivity index (χ2n) is 2.53. The van der Waals surface area contributed by atoms with E-state index in [0.717, 1.165) is 0 Å². The Morgan fingerprint density at radius 1 is 1.86 bits per heavy atom. The van der Waals surface area contributed by atoms with Crippen molar-refractivity contribution >= 4 is 22.0 Å². The molecule has 0 radical (unpaired) electrons. The third-order valence-electron chi connectivity index (χ3n) is 1.64. The molecule has 0 saturated heterocycles. The van der Waals surface area contributed by atoms with Gasteiger partial charge in [-0.2, -0.15) is 5.26 Å². The largest absolute Gasteiger partial charge is 0.449 e. The van der Waals surface area contributed by atoms with Gasteiger partial charge in [-0.3, -0.25) is 4.90 Å². The number of nitrogens with zero attached hydrogens (tertiary/aromatic N) is 2. The third-order valence-corrected chi connectivity index (χ3v) is 2.34. The molecule has 0 spiro atoms. The minimum atomic E-state index is -0.626. The fourth-order valence-corrected chi connectivity index (χ4v) is 1.50. The number of hydrogen-bond donors (Lipinski definition) is 0. The second-order valence-corrected chi connectivity index (χ2v) is 3.45. The van der Waals surface area contributed by atoms with Crippen LogP contribution in [0.2, 0.25) is 0 Å². The molecule has 0 bridgehead atoms. The monoisotopic (exact) mass is 256 g/mol. The van der Waals surface area contributed by atoms with Crippen LogP contribution in [0.25, 0.3) is 0 Å². The van der Waals surface area contributed by atoms with Crippen LogP contribution in [0.1, 0.15) is 6.92 Å². The second kappa shape index (κ2) is 4.82. The smallest absolute Gasteiger partial charge is 0.415 e. The molecular weight excluding hydrogens is 248 g/mol. The molecule has 0 aromatic heterocycles. The first-order chi connectivity index (χ1) is 6.70. The maximum absolute atomic E-state index is 11.4. The molecule has 4 nitrogen and oxygen atoms in total. The van der Waals surface area contributed by atoms with Gasteiger partial charge in [0, 0.05) is 10.7 Å². The molecule has 14 heavy (non-hydrogen) atoms. The number of amides is 1. The standard InChI is InChI=1S/C9H9BrN2O2/c1-2-14-9(13)12-5-3-4-7(10)8(12)6-11/h3-5,8H,2H2,1H3. The van der Waals surface area contributed by atoms with Crippen molar-refractivity contribution in [1.29, 1.82) is 5.26 Å². The number of carbonyl (C=O) groups is 1. The summed E-state index contributed by atoms with van der Waals surface area (Å²) < 4.78 is 5.45. The van der Waals surface area contributed by atoms with E-state index >= 15 is 0 Å². The molecule has 0 aliphatic carbocycles. The van der Waals surface area contributed by atoms with Gasteiger partial charge in [-0.25, -0.2) is 4.79 Å². The van der Waals surface area contributed by atoms with Crippen molar-refractivity contribution in [3.8, 4) is 6.07 Å². The van der Waals surface area contributed by atoms with Crippen molar-refractivity contribution in [2.45, 2.75) is 13.0 Å². The van der Waals surface area contributed by atoms with Crippen LogP contribution in [0.4, 0.5) is 4.79 Å². The Kier molecular flexibility index (Phi) is 3.72. The predicted molar refractivity (Wildman–Crippen MR) is 54.4 cm³/mol. The van der Waals surface area contributed by atoms with Gasteiger partial charge in [-0.1, -0.05) is 15.9 Å². The third kappa shape index (κ3) is 2.15. The number of hydrogen-bond acceptors (Lipinski definition) is 3. The number of carbonyl (C=O) groups excluding carboxylic acids is 1. The minimum absolute atomic E-state index is 0.294. The molecule has 5 heteroatoms. The maximum Gasteiger partial charge on any atom is 0.415 e. The lowest BCUT2D eigenvalue weighted by Gasteiger charge is -2.24. The van der Waals surface area contributed by atoms with Crippen molar-refractivity contribution in [3.63, 3.8) is 0 Å². The summed E-state index contributed by atoms with van der Waals surface area (Å²) >= 11 is 3.21. The molecule has 1 aliphatic rings. The molecule has 74 valence electrons. The fourth-order valence-electron chi connectivity index (χ4n) is 1.03. The van der Waals surface area contributed by atoms with Crippen LogP contribution < -0.4 is 0 Å². The zero-order valence-electron chi connectivity index (χ0n) is 7.61. The number of allylic oxidation sites excluding steroid dienone is 2. The van der Waals surface area contributed by atoms with E-state index < -0.39 is 12.1 Å². The van der Waals surface area contributed by atoms with Gasteiger partial charge in [0.25, 0.3) is 0 Å². The Bertz CT molecular complexity index is 330. The van der Waals surface area contributed by atoms with E-state index in [1.165, 1.54) is 11.1 Å². The summed E-state index contributed by atoms with van der Waals surface area (Å²) in [6, 6.07) is 1.38. The zero-order chi connectivity index (χ0) is 10.6. The zero-order valence-corrected chi connectivity index (χ0v) is 9.19. The summed E-state index contributed by atoms with van der Waals surface area (Å²) in [5, 5.41) is 8.84. The molecule has 1 atom stereocenters. The van der Waals surface area contributed by atoms with Crippen LogP contribution in [0, 0.1) is 11.3 Å². The molecule has 0 fully saturated rings. The average Bonchev–Trinajstić information content (AvgIpc) is 2.17. The number of rotatable bonds is 1. The van der Waals surface area contributed by atoms with Crippen LogP contribution >= 0.6 is 15.9 Å². The van der Waals surface area contributed by atoms with Gasteiger partial charge in [-0.15, -0.1) is 0 Å². The molecule has 0 N–H and O–H groups in total. The Morgan fingerprint density at radius 3 is 3.14 bits per heavy atom. The normalized spacial score (nSPS) is 19.9. The van der Waals surface area contributed by atoms with Crippen molar-refractivity contribution < 1.29 is 9.53 Å². The Labute approximate surface area is 90.6 Å². The molecule has 0 saturated carbocycles. The lowest BCUT2D eigenvalue weighted by molar-refractivity contribution is 0.120. The fraction of sp³-hybridized carbons (Fsp3) is 0.333. The van der Waals surface area contributed by atoms with Crippen molar-refractivity contribution in [2.24, 2.45) is 0 Å². The van der Waals surface area contributed by atoms with Gasteiger partial charge in [0.2, 0.25) is 0 Å². The summed E-state index contributed by atoms with van der Waals surface area (Å²) in [5.41, 5.74) is 0. The van der Waals surface area contributed by atoms with E-state index in [4.69, 9.17) is 10.00 Å². The average molecular weight is 257 g/mol. The first-order valence-electron chi connectivity index (χ1n) is 4.09. The topological polar surface area (TPSA) is 53.3 Å². The van der Waals surface area contributed by atoms with Crippen molar-refractivity contribution in [3.05, 3.63) is 22.8 Å². The van der Waals surface area contributed by atoms with Crippen LogP contribution in [-0.4, -0.2) is 23.6 Å². The highest BCUT2D eigenvalue weighted by atomic mass is 79.9. The van der Waals surface area contributed by atoms with E-state index in [0.29, 0.717) is 11.1 Å². The lowest BCUT2D eigenvalue weighted by atomic mass is 10.2. The van der Waals surface area contributed by atoms with E-state index in [1.54, 1.807) is 19.1 Å². The maximum atomic E-state index is 11.4. The van der Waals surface area contributed by atoms with Crippen molar-refractivity contribution in [2.75, 3.05) is 6.61 Å². The summed E-state index contributed by atoms with van der Waals surface area (Å²) in [5.74, 6) is 0. The van der Waals surface area contributed by atoms with Gasteiger partial charge in [-0.05, 0) is 19.1 Å². The molecule has 0 aromatic rings. The lowest BCUT2D eigenvalue weighted by Crippen LogP contribution is -2.37.